The molecule has 9 heavy (non-hydrogen) atoms. The van der Waals surface area contributed by atoms with Crippen molar-refractivity contribution >= 4 is 16.8 Å². The zero-order valence-electron chi connectivity index (χ0n) is 5.98. The summed E-state index contributed by atoms with van der Waals surface area (Å²) in [6, 6.07) is 0. The molecule has 0 bridgehead atoms. The number of hydrogen-bond donors (Lipinski definition) is 0. The van der Waals surface area contributed by atoms with Gasteiger partial charge in [0.25, 0.3) is 0 Å². The van der Waals surface area contributed by atoms with E-state index in [-0.39, 0.29) is 5.54 Å². The highest BCUT2D eigenvalue weighted by Gasteiger charge is 2.29. The number of hydrazone groups is 1. The van der Waals surface area contributed by atoms with Crippen LogP contribution < -0.4 is 0 Å². The Morgan fingerprint density at radius 1 is 1.67 bits per heavy atom. The smallest absolute Gasteiger partial charge is 0.128 e. The summed E-state index contributed by atoms with van der Waals surface area (Å²) in [5.41, 5.74) is 0.122. The summed E-state index contributed by atoms with van der Waals surface area (Å²) >= 11 is 5.70. The predicted octanol–water partition coefficient (Wildman–Crippen LogP) is 1.65. The van der Waals surface area contributed by atoms with Crippen molar-refractivity contribution in [2.24, 2.45) is 5.10 Å². The molecule has 0 aromatic heterocycles. The van der Waals surface area contributed by atoms with Gasteiger partial charge < -0.3 is 0 Å². The Labute approximate surface area is 60.5 Å². The lowest BCUT2D eigenvalue weighted by molar-refractivity contribution is 0.194. The Morgan fingerprint density at radius 3 is 2.33 bits per heavy atom. The van der Waals surface area contributed by atoms with E-state index in [0.29, 0.717) is 5.17 Å². The fourth-order valence-electron chi connectivity index (χ4n) is 0.805. The first-order chi connectivity index (χ1) is 4.02. The van der Waals surface area contributed by atoms with Crippen LogP contribution in [0, 0.1) is 0 Å². The van der Waals surface area contributed by atoms with E-state index in [1.807, 2.05) is 12.1 Å². The van der Waals surface area contributed by atoms with Crippen molar-refractivity contribution in [1.29, 1.82) is 0 Å². The average Bonchev–Trinajstić information content (AvgIpc) is 1.79. The zero-order chi connectivity index (χ0) is 7.07. The van der Waals surface area contributed by atoms with Crippen LogP contribution >= 0.6 is 11.6 Å². The number of halogens is 1. The van der Waals surface area contributed by atoms with Gasteiger partial charge in [0.05, 0.1) is 5.54 Å². The Balaban J connectivity index is 2.71. The SMILES string of the molecule is CN1N=C(Cl)CC1(C)C. The van der Waals surface area contributed by atoms with E-state index >= 15 is 0 Å². The molecule has 2 nitrogen and oxygen atoms in total. The van der Waals surface area contributed by atoms with Gasteiger partial charge in [-0.15, -0.1) is 0 Å². The van der Waals surface area contributed by atoms with E-state index in [0.717, 1.165) is 6.42 Å². The van der Waals surface area contributed by atoms with E-state index in [1.54, 1.807) is 0 Å². The topological polar surface area (TPSA) is 15.6 Å². The maximum atomic E-state index is 5.70. The van der Waals surface area contributed by atoms with Crippen molar-refractivity contribution in [3.8, 4) is 0 Å². The molecule has 52 valence electrons. The van der Waals surface area contributed by atoms with Crippen LogP contribution in [0.15, 0.2) is 5.10 Å². The highest BCUT2D eigenvalue weighted by Crippen LogP contribution is 2.25. The molecule has 0 aliphatic carbocycles. The summed E-state index contributed by atoms with van der Waals surface area (Å²) in [7, 11) is 1.94. The van der Waals surface area contributed by atoms with Gasteiger partial charge >= 0.3 is 0 Å². The summed E-state index contributed by atoms with van der Waals surface area (Å²) in [4.78, 5) is 0. The third-order valence-corrected chi connectivity index (χ3v) is 1.92. The van der Waals surface area contributed by atoms with Gasteiger partial charge in [0.2, 0.25) is 0 Å². The van der Waals surface area contributed by atoms with E-state index in [1.165, 1.54) is 0 Å². The van der Waals surface area contributed by atoms with Crippen molar-refractivity contribution in [2.45, 2.75) is 25.8 Å². The van der Waals surface area contributed by atoms with Crippen molar-refractivity contribution in [3.63, 3.8) is 0 Å². The van der Waals surface area contributed by atoms with Gasteiger partial charge in [-0.1, -0.05) is 11.6 Å². The van der Waals surface area contributed by atoms with E-state index < -0.39 is 0 Å². The van der Waals surface area contributed by atoms with Gasteiger partial charge in [-0.3, -0.25) is 5.01 Å². The Kier molecular flexibility index (Phi) is 1.43. The summed E-state index contributed by atoms with van der Waals surface area (Å²) in [6.07, 6.45) is 0.866. The molecule has 0 saturated carbocycles. The van der Waals surface area contributed by atoms with Crippen LogP contribution in [0.4, 0.5) is 0 Å². The lowest BCUT2D eigenvalue weighted by atomic mass is 10.0. The van der Waals surface area contributed by atoms with Crippen LogP contribution in [0.25, 0.3) is 0 Å². The minimum absolute atomic E-state index is 0.122. The summed E-state index contributed by atoms with van der Waals surface area (Å²) < 4.78 is 0. The third kappa shape index (κ3) is 1.18. The molecule has 0 saturated heterocycles. The van der Waals surface area contributed by atoms with Crippen molar-refractivity contribution in [2.75, 3.05) is 7.05 Å². The largest absolute Gasteiger partial charge is 0.293 e. The Hall–Kier alpha value is -0.240. The molecule has 0 fully saturated rings. The Bertz CT molecular complexity index is 151. The molecule has 1 aliphatic heterocycles. The average molecular weight is 147 g/mol. The van der Waals surface area contributed by atoms with Crippen LogP contribution in [-0.2, 0) is 0 Å². The highest BCUT2D eigenvalue weighted by atomic mass is 35.5. The fourth-order valence-corrected chi connectivity index (χ4v) is 1.25. The molecule has 0 aromatic carbocycles. The van der Waals surface area contributed by atoms with Gasteiger partial charge in [0.15, 0.2) is 0 Å². The molecule has 1 heterocycles. The van der Waals surface area contributed by atoms with Crippen molar-refractivity contribution in [3.05, 3.63) is 0 Å². The van der Waals surface area contributed by atoms with Crippen LogP contribution in [0.1, 0.15) is 20.3 Å². The quantitative estimate of drug-likeness (QED) is 0.508. The van der Waals surface area contributed by atoms with Crippen LogP contribution in [0.5, 0.6) is 0 Å². The standard InChI is InChI=1S/C6H11ClN2/c1-6(2)4-5(7)8-9(6)3/h4H2,1-3H3. The van der Waals surface area contributed by atoms with Crippen LogP contribution in [0.2, 0.25) is 0 Å². The molecule has 0 spiro atoms. The second-order valence-electron chi connectivity index (χ2n) is 2.99. The fraction of sp³-hybridized carbons (Fsp3) is 0.833. The molecule has 3 heteroatoms. The molecule has 0 amide bonds. The molecule has 1 aliphatic rings. The van der Waals surface area contributed by atoms with Gasteiger partial charge in [0.1, 0.15) is 5.17 Å². The molecule has 0 radical (unpaired) electrons. The summed E-state index contributed by atoms with van der Waals surface area (Å²) in [5, 5.41) is 6.67. The van der Waals surface area contributed by atoms with E-state index in [2.05, 4.69) is 18.9 Å². The second kappa shape index (κ2) is 1.87. The maximum absolute atomic E-state index is 5.70. The first kappa shape index (κ1) is 6.87. The lowest BCUT2D eigenvalue weighted by Crippen LogP contribution is -2.32. The number of hydrogen-bond acceptors (Lipinski definition) is 2. The molecule has 0 unspecified atom stereocenters. The van der Waals surface area contributed by atoms with Crippen molar-refractivity contribution in [1.82, 2.24) is 5.01 Å². The lowest BCUT2D eigenvalue weighted by Gasteiger charge is -2.25. The molecule has 0 N–H and O–H groups in total. The Morgan fingerprint density at radius 2 is 2.22 bits per heavy atom. The number of nitrogens with zero attached hydrogens (tertiary/aromatic N) is 2. The summed E-state index contributed by atoms with van der Waals surface area (Å²) in [5.74, 6) is 0. The van der Waals surface area contributed by atoms with Gasteiger partial charge in [-0.25, -0.2) is 0 Å². The van der Waals surface area contributed by atoms with Crippen LogP contribution in [-0.4, -0.2) is 22.8 Å². The van der Waals surface area contributed by atoms with Crippen LogP contribution in [0.3, 0.4) is 0 Å². The predicted molar refractivity (Wildman–Crippen MR) is 39.7 cm³/mol. The monoisotopic (exact) mass is 146 g/mol. The zero-order valence-corrected chi connectivity index (χ0v) is 6.74. The van der Waals surface area contributed by atoms with Crippen molar-refractivity contribution < 1.29 is 0 Å². The molecule has 0 atom stereocenters. The first-order valence-corrected chi connectivity index (χ1v) is 3.37. The molecular formula is C6H11ClN2. The molecule has 1 rings (SSSR count). The molecular weight excluding hydrogens is 136 g/mol. The van der Waals surface area contributed by atoms with Gasteiger partial charge in [0, 0.05) is 13.5 Å². The minimum Gasteiger partial charge on any atom is -0.293 e. The highest BCUT2D eigenvalue weighted by molar-refractivity contribution is 6.65. The summed E-state index contributed by atoms with van der Waals surface area (Å²) in [6.45, 7) is 4.23. The minimum atomic E-state index is 0.122. The normalized spacial score (nSPS) is 24.4. The van der Waals surface area contributed by atoms with Gasteiger partial charge in [-0.05, 0) is 13.8 Å². The van der Waals surface area contributed by atoms with E-state index in [9.17, 15) is 0 Å². The second-order valence-corrected chi connectivity index (χ2v) is 3.43. The number of rotatable bonds is 0. The molecule has 0 aromatic rings. The first-order valence-electron chi connectivity index (χ1n) is 2.99. The van der Waals surface area contributed by atoms with E-state index in [4.69, 9.17) is 11.6 Å². The maximum Gasteiger partial charge on any atom is 0.128 e. The van der Waals surface area contributed by atoms with Gasteiger partial charge in [-0.2, -0.15) is 5.10 Å². The third-order valence-electron chi connectivity index (χ3n) is 1.71.